The van der Waals surface area contributed by atoms with Gasteiger partial charge in [-0.2, -0.15) is 0 Å². The van der Waals surface area contributed by atoms with Crippen molar-refractivity contribution < 1.29 is 4.42 Å². The first-order chi connectivity index (χ1) is 10.0. The highest BCUT2D eigenvalue weighted by atomic mass is 79.9. The average Bonchev–Trinajstić information content (AvgIpc) is 2.81. The summed E-state index contributed by atoms with van der Waals surface area (Å²) >= 11 is 15.7. The largest absolute Gasteiger partial charge is 0.455 e. The van der Waals surface area contributed by atoms with Crippen LogP contribution in [-0.4, -0.2) is 0 Å². The molecule has 0 atom stereocenters. The maximum absolute atomic E-state index is 6.23. The summed E-state index contributed by atoms with van der Waals surface area (Å²) in [4.78, 5) is 0. The third kappa shape index (κ3) is 3.03. The molecule has 0 saturated heterocycles. The molecule has 1 aromatic heterocycles. The molecular weight excluding hydrogens is 371 g/mol. The number of furan rings is 1. The zero-order chi connectivity index (χ0) is 15.0. The van der Waals surface area contributed by atoms with Gasteiger partial charge in [-0.15, -0.1) is 0 Å². The molecule has 0 unspecified atom stereocenters. The summed E-state index contributed by atoms with van der Waals surface area (Å²) in [6, 6.07) is 15.5. The number of hydrogen-bond donors (Lipinski definition) is 0. The van der Waals surface area contributed by atoms with Gasteiger partial charge in [0.15, 0.2) is 0 Å². The fraction of sp³-hybridized carbons (Fsp3) is 0.0588. The van der Waals surface area contributed by atoms with Crippen molar-refractivity contribution in [3.05, 3.63) is 68.6 Å². The molecule has 0 aliphatic heterocycles. The van der Waals surface area contributed by atoms with E-state index in [2.05, 4.69) is 35.0 Å². The predicted molar refractivity (Wildman–Crippen MR) is 92.0 cm³/mol. The Balaban J connectivity index is 2.07. The fourth-order valence-corrected chi connectivity index (χ4v) is 3.11. The van der Waals surface area contributed by atoms with Crippen LogP contribution in [0.5, 0.6) is 0 Å². The highest BCUT2D eigenvalue weighted by Gasteiger charge is 2.14. The Hall–Kier alpha value is -1.22. The highest BCUT2D eigenvalue weighted by Crippen LogP contribution is 2.38. The quantitative estimate of drug-likeness (QED) is 0.466. The molecule has 2 aromatic carbocycles. The van der Waals surface area contributed by atoms with E-state index in [-0.39, 0.29) is 0 Å². The predicted octanol–water partition coefficient (Wildman–Crippen LogP) is 6.99. The van der Waals surface area contributed by atoms with Crippen molar-refractivity contribution in [2.24, 2.45) is 0 Å². The van der Waals surface area contributed by atoms with E-state index in [1.807, 2.05) is 24.3 Å². The minimum atomic E-state index is 0.569. The SMILES string of the molecule is Cc1ccc(-c2oc(-c3ccc(Cl)cc3Cl)cc2Br)cc1. The van der Waals surface area contributed by atoms with Crippen LogP contribution in [0.2, 0.25) is 10.0 Å². The van der Waals surface area contributed by atoms with Crippen LogP contribution in [0.15, 0.2) is 57.4 Å². The second-order valence-corrected chi connectivity index (χ2v) is 6.48. The summed E-state index contributed by atoms with van der Waals surface area (Å²) in [5.74, 6) is 1.50. The van der Waals surface area contributed by atoms with Gasteiger partial charge in [0.25, 0.3) is 0 Å². The Labute approximate surface area is 141 Å². The van der Waals surface area contributed by atoms with Gasteiger partial charge >= 0.3 is 0 Å². The Bertz CT molecular complexity index is 791. The maximum atomic E-state index is 6.23. The van der Waals surface area contributed by atoms with Crippen LogP contribution in [0.4, 0.5) is 0 Å². The molecule has 0 aliphatic carbocycles. The molecule has 0 bridgehead atoms. The summed E-state index contributed by atoms with van der Waals surface area (Å²) in [6.07, 6.45) is 0. The number of hydrogen-bond acceptors (Lipinski definition) is 1. The Morgan fingerprint density at radius 2 is 1.67 bits per heavy atom. The van der Waals surface area contributed by atoms with Gasteiger partial charge in [-0.3, -0.25) is 0 Å². The Kier molecular flexibility index (Phi) is 4.12. The third-order valence-corrected chi connectivity index (χ3v) is 4.33. The molecular formula is C17H11BrCl2O. The monoisotopic (exact) mass is 380 g/mol. The molecule has 0 aliphatic rings. The minimum Gasteiger partial charge on any atom is -0.455 e. The van der Waals surface area contributed by atoms with Crippen LogP contribution in [0, 0.1) is 6.92 Å². The van der Waals surface area contributed by atoms with Crippen molar-refractivity contribution in [2.45, 2.75) is 6.92 Å². The summed E-state index contributed by atoms with van der Waals surface area (Å²) in [5, 5.41) is 1.17. The van der Waals surface area contributed by atoms with E-state index in [4.69, 9.17) is 27.6 Å². The first-order valence-electron chi connectivity index (χ1n) is 6.36. The van der Waals surface area contributed by atoms with Gasteiger partial charge in [0.05, 0.1) is 9.50 Å². The number of rotatable bonds is 2. The lowest BCUT2D eigenvalue weighted by Gasteiger charge is -2.02. The molecule has 0 N–H and O–H groups in total. The van der Waals surface area contributed by atoms with E-state index in [0.717, 1.165) is 21.4 Å². The van der Waals surface area contributed by atoms with E-state index in [9.17, 15) is 0 Å². The topological polar surface area (TPSA) is 13.1 Å². The molecule has 106 valence electrons. The van der Waals surface area contributed by atoms with E-state index >= 15 is 0 Å². The number of aryl methyl sites for hydroxylation is 1. The lowest BCUT2D eigenvalue weighted by atomic mass is 10.1. The summed E-state index contributed by atoms with van der Waals surface area (Å²) in [5.41, 5.74) is 3.05. The second-order valence-electron chi connectivity index (χ2n) is 4.78. The molecule has 1 heterocycles. The third-order valence-electron chi connectivity index (χ3n) is 3.20. The van der Waals surface area contributed by atoms with E-state index in [1.54, 1.807) is 12.1 Å². The maximum Gasteiger partial charge on any atom is 0.148 e. The Morgan fingerprint density at radius 1 is 0.952 bits per heavy atom. The zero-order valence-electron chi connectivity index (χ0n) is 11.2. The number of benzene rings is 2. The van der Waals surface area contributed by atoms with Crippen LogP contribution in [0.25, 0.3) is 22.6 Å². The highest BCUT2D eigenvalue weighted by molar-refractivity contribution is 9.10. The van der Waals surface area contributed by atoms with Crippen molar-refractivity contribution in [2.75, 3.05) is 0 Å². The lowest BCUT2D eigenvalue weighted by Crippen LogP contribution is -1.77. The lowest BCUT2D eigenvalue weighted by molar-refractivity contribution is 0.596. The van der Waals surface area contributed by atoms with Gasteiger partial charge in [-0.1, -0.05) is 53.0 Å². The average molecular weight is 382 g/mol. The molecule has 0 spiro atoms. The summed E-state index contributed by atoms with van der Waals surface area (Å²) in [7, 11) is 0. The van der Waals surface area contributed by atoms with Gasteiger partial charge in [-0.05, 0) is 47.1 Å². The normalized spacial score (nSPS) is 10.9. The molecule has 3 aromatic rings. The molecule has 0 radical (unpaired) electrons. The second kappa shape index (κ2) is 5.88. The molecule has 4 heteroatoms. The summed E-state index contributed by atoms with van der Waals surface area (Å²) in [6.45, 7) is 2.06. The molecule has 0 fully saturated rings. The van der Waals surface area contributed by atoms with Crippen molar-refractivity contribution in [1.82, 2.24) is 0 Å². The van der Waals surface area contributed by atoms with Crippen molar-refractivity contribution in [1.29, 1.82) is 0 Å². The molecule has 0 amide bonds. The zero-order valence-corrected chi connectivity index (χ0v) is 14.3. The first kappa shape index (κ1) is 14.7. The van der Waals surface area contributed by atoms with Crippen molar-refractivity contribution >= 4 is 39.1 Å². The van der Waals surface area contributed by atoms with Crippen molar-refractivity contribution in [3.63, 3.8) is 0 Å². The van der Waals surface area contributed by atoms with E-state index in [0.29, 0.717) is 15.8 Å². The van der Waals surface area contributed by atoms with Crippen LogP contribution < -0.4 is 0 Å². The van der Waals surface area contributed by atoms with Crippen LogP contribution in [0.3, 0.4) is 0 Å². The van der Waals surface area contributed by atoms with Gasteiger partial charge < -0.3 is 4.42 Å². The van der Waals surface area contributed by atoms with E-state index < -0.39 is 0 Å². The van der Waals surface area contributed by atoms with Crippen molar-refractivity contribution in [3.8, 4) is 22.6 Å². The first-order valence-corrected chi connectivity index (χ1v) is 7.91. The van der Waals surface area contributed by atoms with Crippen LogP contribution >= 0.6 is 39.1 Å². The molecule has 1 nitrogen and oxygen atoms in total. The van der Waals surface area contributed by atoms with Crippen LogP contribution in [0.1, 0.15) is 5.56 Å². The van der Waals surface area contributed by atoms with E-state index in [1.165, 1.54) is 5.56 Å². The smallest absolute Gasteiger partial charge is 0.148 e. The van der Waals surface area contributed by atoms with Gasteiger partial charge in [0.2, 0.25) is 0 Å². The molecule has 21 heavy (non-hydrogen) atoms. The minimum absolute atomic E-state index is 0.569. The van der Waals surface area contributed by atoms with Gasteiger partial charge in [-0.25, -0.2) is 0 Å². The fourth-order valence-electron chi connectivity index (χ4n) is 2.09. The van der Waals surface area contributed by atoms with Gasteiger partial charge in [0.1, 0.15) is 11.5 Å². The Morgan fingerprint density at radius 3 is 2.33 bits per heavy atom. The summed E-state index contributed by atoms with van der Waals surface area (Å²) < 4.78 is 6.87. The van der Waals surface area contributed by atoms with Crippen LogP contribution in [-0.2, 0) is 0 Å². The standard InChI is InChI=1S/C17H11BrCl2O/c1-10-2-4-11(5-3-10)17-14(18)9-16(21-17)13-7-6-12(19)8-15(13)20/h2-9H,1H3. The molecule has 3 rings (SSSR count). The molecule has 0 saturated carbocycles. The number of halogens is 3. The van der Waals surface area contributed by atoms with Gasteiger partial charge in [0, 0.05) is 16.1 Å².